The maximum atomic E-state index is 10.2. The average Bonchev–Trinajstić information content (AvgIpc) is 3.19. The van der Waals surface area contributed by atoms with Gasteiger partial charge in [-0.05, 0) is 37.3 Å². The van der Waals surface area contributed by atoms with Crippen LogP contribution < -0.4 is 10.6 Å². The molecule has 0 radical (unpaired) electrons. The predicted molar refractivity (Wildman–Crippen MR) is 115 cm³/mol. The van der Waals surface area contributed by atoms with Gasteiger partial charge in [-0.2, -0.15) is 4.98 Å². The molecule has 3 heterocycles. The molecular weight excluding hydrogens is 384 g/mol. The van der Waals surface area contributed by atoms with Crippen molar-refractivity contribution in [2.24, 2.45) is 0 Å². The normalized spacial score (nSPS) is 11.8. The van der Waals surface area contributed by atoms with Crippen LogP contribution in [-0.4, -0.2) is 31.6 Å². The number of nitrogens with zero attached hydrogens (tertiary/aromatic N) is 4. The van der Waals surface area contributed by atoms with E-state index in [1.165, 1.54) is 0 Å². The number of nitrogens with one attached hydrogen (secondary N) is 2. The summed E-state index contributed by atoms with van der Waals surface area (Å²) in [5.74, 6) is 1.08. The molecule has 0 saturated heterocycles. The molecule has 0 aliphatic carbocycles. The molecule has 1 aromatic carbocycles. The van der Waals surface area contributed by atoms with E-state index in [-0.39, 0.29) is 0 Å². The average molecular weight is 404 g/mol. The van der Waals surface area contributed by atoms with Gasteiger partial charge < -0.3 is 15.7 Å². The second-order valence-corrected chi connectivity index (χ2v) is 7.44. The third kappa shape index (κ3) is 4.92. The predicted octanol–water partition coefficient (Wildman–Crippen LogP) is 4.19. The monoisotopic (exact) mass is 404 g/mol. The topological polar surface area (TPSA) is 95.9 Å². The van der Waals surface area contributed by atoms with Gasteiger partial charge in [0.25, 0.3) is 0 Å². The first-order valence-electron chi connectivity index (χ1n) is 9.13. The molecule has 0 fully saturated rings. The second-order valence-electron chi connectivity index (χ2n) is 6.37. The summed E-state index contributed by atoms with van der Waals surface area (Å²) < 4.78 is 0. The Hall–Kier alpha value is -3.36. The highest BCUT2D eigenvalue weighted by Gasteiger charge is 2.09. The largest absolute Gasteiger partial charge is 0.385 e. The lowest BCUT2D eigenvalue weighted by Crippen LogP contribution is -2.14. The summed E-state index contributed by atoms with van der Waals surface area (Å²) in [4.78, 5) is 17.4. The Morgan fingerprint density at radius 3 is 2.76 bits per heavy atom. The van der Waals surface area contributed by atoms with Gasteiger partial charge in [0, 0.05) is 35.6 Å². The van der Waals surface area contributed by atoms with Gasteiger partial charge in [0.05, 0.1) is 16.4 Å². The molecule has 29 heavy (non-hydrogen) atoms. The van der Waals surface area contributed by atoms with Crippen molar-refractivity contribution in [2.75, 3.05) is 17.2 Å². The number of aryl methyl sites for hydroxylation is 1. The van der Waals surface area contributed by atoms with Crippen LogP contribution in [0.3, 0.4) is 0 Å². The number of aliphatic hydroxyl groups excluding tert-OH is 1. The molecular formula is C21H20N6OS. The van der Waals surface area contributed by atoms with Gasteiger partial charge in [-0.3, -0.25) is 4.98 Å². The fraction of sp³-hybridized carbons (Fsp3) is 0.143. The van der Waals surface area contributed by atoms with E-state index in [0.717, 1.165) is 22.0 Å². The molecule has 8 heteroatoms. The summed E-state index contributed by atoms with van der Waals surface area (Å²) in [7, 11) is 0. The Labute approximate surface area is 172 Å². The maximum absolute atomic E-state index is 10.2. The van der Waals surface area contributed by atoms with E-state index >= 15 is 0 Å². The van der Waals surface area contributed by atoms with Gasteiger partial charge in [-0.25, -0.2) is 9.97 Å². The molecule has 0 spiro atoms. The summed E-state index contributed by atoms with van der Waals surface area (Å²) in [5.41, 5.74) is 3.48. The third-order valence-electron chi connectivity index (χ3n) is 4.19. The van der Waals surface area contributed by atoms with E-state index in [9.17, 15) is 5.11 Å². The van der Waals surface area contributed by atoms with Crippen molar-refractivity contribution in [3.63, 3.8) is 0 Å². The highest BCUT2D eigenvalue weighted by Crippen LogP contribution is 2.25. The molecule has 146 valence electrons. The molecule has 1 unspecified atom stereocenters. The van der Waals surface area contributed by atoms with Crippen molar-refractivity contribution >= 4 is 28.8 Å². The minimum atomic E-state index is -0.721. The van der Waals surface area contributed by atoms with Crippen molar-refractivity contribution in [1.29, 1.82) is 0 Å². The Morgan fingerprint density at radius 2 is 1.97 bits per heavy atom. The minimum absolute atomic E-state index is 0.298. The summed E-state index contributed by atoms with van der Waals surface area (Å²) in [5, 5.41) is 19.7. The summed E-state index contributed by atoms with van der Waals surface area (Å²) in [6, 6.07) is 15.2. The molecule has 0 saturated carbocycles. The number of pyridine rings is 1. The Balaban J connectivity index is 1.43. The van der Waals surface area contributed by atoms with Crippen molar-refractivity contribution < 1.29 is 5.11 Å². The van der Waals surface area contributed by atoms with E-state index < -0.39 is 6.10 Å². The van der Waals surface area contributed by atoms with Crippen molar-refractivity contribution in [2.45, 2.75) is 13.0 Å². The molecule has 0 aliphatic heterocycles. The third-order valence-corrected chi connectivity index (χ3v) is 4.97. The quantitative estimate of drug-likeness (QED) is 0.425. The highest BCUT2D eigenvalue weighted by atomic mass is 32.1. The van der Waals surface area contributed by atoms with E-state index in [0.29, 0.717) is 24.0 Å². The van der Waals surface area contributed by atoms with E-state index in [2.05, 4.69) is 30.6 Å². The van der Waals surface area contributed by atoms with E-state index in [1.54, 1.807) is 35.9 Å². The number of anilines is 3. The second kappa shape index (κ2) is 8.76. The van der Waals surface area contributed by atoms with Crippen molar-refractivity contribution in [3.05, 3.63) is 77.0 Å². The Morgan fingerprint density at radius 1 is 1.03 bits per heavy atom. The molecule has 3 N–H and O–H groups in total. The zero-order chi connectivity index (χ0) is 20.1. The number of thiazole rings is 1. The molecule has 0 amide bonds. The standard InChI is InChI=1S/C21H20N6OS/c1-14-25-18(13-29-14)15-5-4-6-16(11-15)26-21-23-10-8-20(27-21)24-12-19(28)17-7-2-3-9-22-17/h2-11,13,19,28H,12H2,1H3,(H2,23,24,26,27). The van der Waals surface area contributed by atoms with Crippen LogP contribution in [0.2, 0.25) is 0 Å². The fourth-order valence-electron chi connectivity index (χ4n) is 2.78. The summed E-state index contributed by atoms with van der Waals surface area (Å²) >= 11 is 1.63. The lowest BCUT2D eigenvalue weighted by atomic mass is 10.1. The van der Waals surface area contributed by atoms with E-state index in [4.69, 9.17) is 0 Å². The highest BCUT2D eigenvalue weighted by molar-refractivity contribution is 7.09. The van der Waals surface area contributed by atoms with Gasteiger partial charge >= 0.3 is 0 Å². The molecule has 0 aliphatic rings. The number of rotatable bonds is 7. The van der Waals surface area contributed by atoms with Crippen LogP contribution in [-0.2, 0) is 0 Å². The van der Waals surface area contributed by atoms with Crippen molar-refractivity contribution in [1.82, 2.24) is 19.9 Å². The number of aliphatic hydroxyl groups is 1. The molecule has 0 bridgehead atoms. The number of aromatic nitrogens is 4. The lowest BCUT2D eigenvalue weighted by molar-refractivity contribution is 0.186. The summed E-state index contributed by atoms with van der Waals surface area (Å²) in [6.07, 6.45) is 2.60. The van der Waals surface area contributed by atoms with Crippen LogP contribution in [0.25, 0.3) is 11.3 Å². The maximum Gasteiger partial charge on any atom is 0.229 e. The molecule has 4 aromatic rings. The van der Waals surface area contributed by atoms with Gasteiger partial charge in [-0.15, -0.1) is 11.3 Å². The minimum Gasteiger partial charge on any atom is -0.385 e. The Bertz CT molecular complexity index is 1090. The summed E-state index contributed by atoms with van der Waals surface area (Å²) in [6.45, 7) is 2.29. The number of hydrogen-bond donors (Lipinski definition) is 3. The zero-order valence-electron chi connectivity index (χ0n) is 15.8. The first-order chi connectivity index (χ1) is 14.2. The SMILES string of the molecule is Cc1nc(-c2cccc(Nc3nccc(NCC(O)c4ccccn4)n3)c2)cs1. The van der Waals surface area contributed by atoms with Gasteiger partial charge in [0.2, 0.25) is 5.95 Å². The zero-order valence-corrected chi connectivity index (χ0v) is 16.6. The smallest absolute Gasteiger partial charge is 0.229 e. The van der Waals surface area contributed by atoms with Crippen LogP contribution >= 0.6 is 11.3 Å². The lowest BCUT2D eigenvalue weighted by Gasteiger charge is -2.12. The van der Waals surface area contributed by atoms with Crippen LogP contribution in [0, 0.1) is 6.92 Å². The van der Waals surface area contributed by atoms with Gasteiger partial charge in [0.1, 0.15) is 11.9 Å². The Kier molecular flexibility index (Phi) is 5.73. The first kappa shape index (κ1) is 19.0. The molecule has 1 atom stereocenters. The number of benzene rings is 1. The van der Waals surface area contributed by atoms with Crippen LogP contribution in [0.15, 0.2) is 66.3 Å². The molecule has 3 aromatic heterocycles. The molecule has 4 rings (SSSR count). The molecule has 7 nitrogen and oxygen atoms in total. The van der Waals surface area contributed by atoms with Crippen LogP contribution in [0.1, 0.15) is 16.8 Å². The fourth-order valence-corrected chi connectivity index (χ4v) is 3.40. The van der Waals surface area contributed by atoms with Gasteiger partial charge in [0.15, 0.2) is 0 Å². The van der Waals surface area contributed by atoms with Crippen molar-refractivity contribution in [3.8, 4) is 11.3 Å². The van der Waals surface area contributed by atoms with Crippen LogP contribution in [0.4, 0.5) is 17.5 Å². The van der Waals surface area contributed by atoms with Gasteiger partial charge in [-0.1, -0.05) is 18.2 Å². The van der Waals surface area contributed by atoms with Crippen LogP contribution in [0.5, 0.6) is 0 Å². The first-order valence-corrected chi connectivity index (χ1v) is 10.0. The van der Waals surface area contributed by atoms with E-state index in [1.807, 2.05) is 48.7 Å². The number of hydrogen-bond acceptors (Lipinski definition) is 8.